The van der Waals surface area contributed by atoms with E-state index in [2.05, 4.69) is 39.9 Å². The Morgan fingerprint density at radius 3 is 2.28 bits per heavy atom. The Kier molecular flexibility index (Phi) is 8.07. The molecule has 0 saturated carbocycles. The Bertz CT molecular complexity index is 891. The average Bonchev–Trinajstić information content (AvgIpc) is 2.69. The normalized spacial score (nSPS) is 15.1. The quantitative estimate of drug-likeness (QED) is 0.670. The second-order valence-corrected chi connectivity index (χ2v) is 8.99. The van der Waals surface area contributed by atoms with Gasteiger partial charge in [0.2, 0.25) is 0 Å². The minimum Gasteiger partial charge on any atom is -0.368 e. The van der Waals surface area contributed by atoms with Gasteiger partial charge >= 0.3 is 0 Å². The zero-order chi connectivity index (χ0) is 20.1. The summed E-state index contributed by atoms with van der Waals surface area (Å²) in [5.74, 6) is 0.680. The van der Waals surface area contributed by atoms with E-state index in [1.807, 2.05) is 24.3 Å². The molecule has 0 amide bonds. The van der Waals surface area contributed by atoms with Crippen molar-refractivity contribution in [3.8, 4) is 0 Å². The van der Waals surface area contributed by atoms with Gasteiger partial charge in [-0.2, -0.15) is 0 Å². The summed E-state index contributed by atoms with van der Waals surface area (Å²) in [6, 6.07) is 10.6. The van der Waals surface area contributed by atoms with Gasteiger partial charge in [-0.3, -0.25) is 9.62 Å². The van der Waals surface area contributed by atoms with Gasteiger partial charge in [-0.1, -0.05) is 32.1 Å². The topological polar surface area (TPSA) is 65.5 Å². The van der Waals surface area contributed by atoms with Crippen molar-refractivity contribution in [2.75, 3.05) is 42.3 Å². The highest BCUT2D eigenvalue weighted by Crippen LogP contribution is 2.21. The minimum atomic E-state index is -3.65. The molecule has 0 aliphatic carbocycles. The molecule has 0 bridgehead atoms. The number of halogens is 1. The number of pyridine rings is 1. The summed E-state index contributed by atoms with van der Waals surface area (Å²) >= 11 is 0. The van der Waals surface area contributed by atoms with E-state index in [1.165, 1.54) is 0 Å². The lowest BCUT2D eigenvalue weighted by Gasteiger charge is -2.35. The third-order valence-corrected chi connectivity index (χ3v) is 6.34. The molecular weight excluding hydrogens is 408 g/mol. The molecule has 2 heterocycles. The number of sulfonamides is 1. The molecule has 29 heavy (non-hydrogen) atoms. The Morgan fingerprint density at radius 2 is 1.76 bits per heavy atom. The van der Waals surface area contributed by atoms with Gasteiger partial charge in [0, 0.05) is 32.7 Å². The number of anilines is 2. The van der Waals surface area contributed by atoms with Crippen molar-refractivity contribution in [1.82, 2.24) is 9.88 Å². The van der Waals surface area contributed by atoms with Crippen molar-refractivity contribution in [2.45, 2.75) is 24.7 Å². The number of hydrogen-bond donors (Lipinski definition) is 1. The summed E-state index contributed by atoms with van der Waals surface area (Å²) in [5.41, 5.74) is 2.11. The van der Waals surface area contributed by atoms with Crippen LogP contribution in [0.1, 0.15) is 25.3 Å². The number of nitrogens with zero attached hydrogens (tertiary/aromatic N) is 3. The van der Waals surface area contributed by atoms with Gasteiger partial charge in [0.1, 0.15) is 5.82 Å². The monoisotopic (exact) mass is 436 g/mol. The molecule has 1 aliphatic heterocycles. The third kappa shape index (κ3) is 5.95. The first-order valence-corrected chi connectivity index (χ1v) is 11.0. The maximum atomic E-state index is 12.6. The van der Waals surface area contributed by atoms with Gasteiger partial charge in [-0.25, -0.2) is 13.4 Å². The minimum absolute atomic E-state index is 0. The van der Waals surface area contributed by atoms with E-state index in [9.17, 15) is 8.42 Å². The molecule has 8 heteroatoms. The standard InChI is InChI=1S/C21H28N4O2S.ClH/c1-4-11-24-12-14-25(15-13-24)19-7-10-21(22-16-19)23-28(26,27)20-8-5-18(6-9-20)17(2)3;/h4-10,16-17H,1,11-15H2,2-3H3,(H,22,23);1H. The summed E-state index contributed by atoms with van der Waals surface area (Å²) < 4.78 is 27.7. The van der Waals surface area contributed by atoms with E-state index in [-0.39, 0.29) is 17.3 Å². The average molecular weight is 437 g/mol. The second kappa shape index (κ2) is 10.1. The molecule has 3 rings (SSSR count). The zero-order valence-electron chi connectivity index (χ0n) is 16.9. The Balaban J connectivity index is 0.00000300. The highest BCUT2D eigenvalue weighted by Gasteiger charge is 2.18. The van der Waals surface area contributed by atoms with Crippen LogP contribution in [0.15, 0.2) is 60.1 Å². The molecule has 0 atom stereocenters. The lowest BCUT2D eigenvalue weighted by molar-refractivity contribution is 0.284. The summed E-state index contributed by atoms with van der Waals surface area (Å²) in [6.45, 7) is 12.6. The summed E-state index contributed by atoms with van der Waals surface area (Å²) in [4.78, 5) is 9.15. The SMILES string of the molecule is C=CCN1CCN(c2ccc(NS(=O)(=O)c3ccc(C(C)C)cc3)nc2)CC1.Cl. The highest BCUT2D eigenvalue weighted by molar-refractivity contribution is 7.92. The van der Waals surface area contributed by atoms with Crippen molar-refractivity contribution < 1.29 is 8.42 Å². The fourth-order valence-electron chi connectivity index (χ4n) is 3.23. The van der Waals surface area contributed by atoms with E-state index in [4.69, 9.17) is 0 Å². The smallest absolute Gasteiger partial charge is 0.263 e. The molecule has 0 spiro atoms. The largest absolute Gasteiger partial charge is 0.368 e. The fourth-order valence-corrected chi connectivity index (χ4v) is 4.24. The Hall–Kier alpha value is -2.09. The van der Waals surface area contributed by atoms with Crippen LogP contribution in [0.2, 0.25) is 0 Å². The highest BCUT2D eigenvalue weighted by atomic mass is 35.5. The van der Waals surface area contributed by atoms with Crippen molar-refractivity contribution in [2.24, 2.45) is 0 Å². The van der Waals surface area contributed by atoms with Crippen LogP contribution >= 0.6 is 12.4 Å². The molecule has 1 N–H and O–H groups in total. The van der Waals surface area contributed by atoms with Crippen molar-refractivity contribution in [3.63, 3.8) is 0 Å². The van der Waals surface area contributed by atoms with Gasteiger partial charge in [0.25, 0.3) is 10.0 Å². The van der Waals surface area contributed by atoms with Crippen molar-refractivity contribution in [1.29, 1.82) is 0 Å². The second-order valence-electron chi connectivity index (χ2n) is 7.31. The van der Waals surface area contributed by atoms with Crippen LogP contribution in [-0.4, -0.2) is 51.0 Å². The van der Waals surface area contributed by atoms with Gasteiger partial charge in [0.15, 0.2) is 0 Å². The maximum Gasteiger partial charge on any atom is 0.263 e. The van der Waals surface area contributed by atoms with E-state index in [1.54, 1.807) is 24.4 Å². The Morgan fingerprint density at radius 1 is 1.10 bits per heavy atom. The lowest BCUT2D eigenvalue weighted by atomic mass is 10.0. The van der Waals surface area contributed by atoms with Gasteiger partial charge in [-0.05, 0) is 35.7 Å². The van der Waals surface area contributed by atoms with E-state index in [0.717, 1.165) is 44.0 Å². The molecule has 1 aromatic heterocycles. The van der Waals surface area contributed by atoms with Gasteiger partial charge in [0.05, 0.1) is 16.8 Å². The Labute approximate surface area is 180 Å². The number of aromatic nitrogens is 1. The van der Waals surface area contributed by atoms with Gasteiger partial charge in [-0.15, -0.1) is 19.0 Å². The third-order valence-electron chi connectivity index (χ3n) is 4.97. The molecule has 1 aromatic carbocycles. The zero-order valence-corrected chi connectivity index (χ0v) is 18.5. The molecule has 6 nitrogen and oxygen atoms in total. The molecule has 158 valence electrons. The van der Waals surface area contributed by atoms with E-state index >= 15 is 0 Å². The molecule has 1 fully saturated rings. The van der Waals surface area contributed by atoms with Crippen LogP contribution in [-0.2, 0) is 10.0 Å². The number of nitrogens with one attached hydrogen (secondary N) is 1. The molecule has 1 aliphatic rings. The number of rotatable bonds is 7. The molecule has 0 radical (unpaired) electrons. The predicted molar refractivity (Wildman–Crippen MR) is 122 cm³/mol. The number of benzene rings is 1. The summed E-state index contributed by atoms with van der Waals surface area (Å²) in [5, 5.41) is 0. The van der Waals surface area contributed by atoms with Crippen LogP contribution in [0.25, 0.3) is 0 Å². The molecule has 1 saturated heterocycles. The lowest BCUT2D eigenvalue weighted by Crippen LogP contribution is -2.46. The molecule has 0 unspecified atom stereocenters. The summed E-state index contributed by atoms with van der Waals surface area (Å²) in [7, 11) is -3.65. The first-order chi connectivity index (χ1) is 13.4. The first kappa shape index (κ1) is 23.2. The molecule has 2 aromatic rings. The molecular formula is C21H29ClN4O2S. The fraction of sp³-hybridized carbons (Fsp3) is 0.381. The van der Waals surface area contributed by atoms with E-state index in [0.29, 0.717) is 11.7 Å². The maximum absolute atomic E-state index is 12.6. The first-order valence-electron chi connectivity index (χ1n) is 9.56. The van der Waals surface area contributed by atoms with E-state index < -0.39 is 10.0 Å². The number of piperazine rings is 1. The van der Waals surface area contributed by atoms with Gasteiger partial charge < -0.3 is 4.90 Å². The summed E-state index contributed by atoms with van der Waals surface area (Å²) in [6.07, 6.45) is 3.65. The van der Waals surface area contributed by atoms with Crippen LogP contribution < -0.4 is 9.62 Å². The van der Waals surface area contributed by atoms with Crippen molar-refractivity contribution >= 4 is 33.9 Å². The van der Waals surface area contributed by atoms with Crippen LogP contribution in [0.3, 0.4) is 0 Å². The predicted octanol–water partition coefficient (Wildman–Crippen LogP) is 3.74. The number of hydrogen-bond acceptors (Lipinski definition) is 5. The van der Waals surface area contributed by atoms with Crippen LogP contribution in [0, 0.1) is 0 Å². The van der Waals surface area contributed by atoms with Crippen LogP contribution in [0.5, 0.6) is 0 Å². The van der Waals surface area contributed by atoms with Crippen molar-refractivity contribution in [3.05, 3.63) is 60.8 Å². The van der Waals surface area contributed by atoms with Crippen LogP contribution in [0.4, 0.5) is 11.5 Å².